The summed E-state index contributed by atoms with van der Waals surface area (Å²) >= 11 is 0. The van der Waals surface area contributed by atoms with Gasteiger partial charge in [0.25, 0.3) is 0 Å². The predicted octanol–water partition coefficient (Wildman–Crippen LogP) is 4.35. The average Bonchev–Trinajstić information content (AvgIpc) is 2.32. The molecule has 1 aromatic rings. The van der Waals surface area contributed by atoms with Crippen molar-refractivity contribution < 1.29 is 5.11 Å². The highest BCUT2D eigenvalue weighted by Gasteiger charge is 2.34. The third-order valence-corrected chi connectivity index (χ3v) is 5.10. The molecule has 98 valence electrons. The molecule has 0 spiro atoms. The molecule has 2 aliphatic rings. The highest BCUT2D eigenvalue weighted by molar-refractivity contribution is 5.31. The largest absolute Gasteiger partial charge is 0.385 e. The molecular weight excluding hydrogens is 220 g/mol. The molecule has 1 heteroatoms. The fourth-order valence-electron chi connectivity index (χ4n) is 3.35. The summed E-state index contributed by atoms with van der Waals surface area (Å²) in [5.74, 6) is 1.54. The Bertz CT molecular complexity index is 411. The van der Waals surface area contributed by atoms with Gasteiger partial charge in [-0.25, -0.2) is 0 Å². The van der Waals surface area contributed by atoms with E-state index in [-0.39, 0.29) is 0 Å². The van der Waals surface area contributed by atoms with E-state index >= 15 is 0 Å². The molecule has 1 N–H and O–H groups in total. The van der Waals surface area contributed by atoms with Crippen LogP contribution in [0.2, 0.25) is 0 Å². The van der Waals surface area contributed by atoms with Crippen LogP contribution in [0.25, 0.3) is 0 Å². The maximum absolute atomic E-state index is 10.9. The molecule has 2 fully saturated rings. The van der Waals surface area contributed by atoms with Crippen LogP contribution in [0.4, 0.5) is 0 Å². The maximum Gasteiger partial charge on any atom is 0.0896 e. The van der Waals surface area contributed by atoms with Crippen LogP contribution >= 0.6 is 0 Å². The minimum atomic E-state index is -0.549. The molecule has 0 bridgehead atoms. The fourth-order valence-corrected chi connectivity index (χ4v) is 3.35. The molecule has 0 aliphatic heterocycles. The third-order valence-electron chi connectivity index (χ3n) is 5.10. The lowest BCUT2D eigenvalue weighted by Crippen LogP contribution is -2.31. The first-order valence-electron chi connectivity index (χ1n) is 7.50. The molecule has 18 heavy (non-hydrogen) atoms. The monoisotopic (exact) mass is 244 g/mol. The number of aliphatic hydroxyl groups is 1. The van der Waals surface area contributed by atoms with Crippen molar-refractivity contribution in [3.8, 4) is 0 Å². The quantitative estimate of drug-likeness (QED) is 0.820. The standard InChI is InChI=1S/C17H24O/c1-13-8-10-17(18,11-9-13)16-7-3-6-15(12-16)14-4-2-5-14/h3,6-7,12-14,18H,2,4-5,8-11H2,1H3. The number of benzene rings is 1. The summed E-state index contributed by atoms with van der Waals surface area (Å²) in [6.07, 6.45) is 8.22. The van der Waals surface area contributed by atoms with Gasteiger partial charge < -0.3 is 5.11 Å². The van der Waals surface area contributed by atoms with Gasteiger partial charge in [0.2, 0.25) is 0 Å². The molecule has 0 aromatic heterocycles. The summed E-state index contributed by atoms with van der Waals surface area (Å²) in [5, 5.41) is 10.9. The van der Waals surface area contributed by atoms with Crippen molar-refractivity contribution in [3.63, 3.8) is 0 Å². The lowest BCUT2D eigenvalue weighted by atomic mass is 9.74. The van der Waals surface area contributed by atoms with Crippen molar-refractivity contribution >= 4 is 0 Å². The van der Waals surface area contributed by atoms with Gasteiger partial charge in [-0.05, 0) is 61.5 Å². The predicted molar refractivity (Wildman–Crippen MR) is 74.6 cm³/mol. The van der Waals surface area contributed by atoms with E-state index in [0.717, 1.165) is 37.5 Å². The zero-order chi connectivity index (χ0) is 12.6. The molecule has 2 aliphatic carbocycles. The highest BCUT2D eigenvalue weighted by Crippen LogP contribution is 2.42. The van der Waals surface area contributed by atoms with Crippen LogP contribution in [0.3, 0.4) is 0 Å². The van der Waals surface area contributed by atoms with Crippen LogP contribution in [-0.2, 0) is 5.60 Å². The minimum absolute atomic E-state index is 0.549. The van der Waals surface area contributed by atoms with Gasteiger partial charge in [-0.1, -0.05) is 37.6 Å². The summed E-state index contributed by atoms with van der Waals surface area (Å²) < 4.78 is 0. The molecule has 1 nitrogen and oxygen atoms in total. The summed E-state index contributed by atoms with van der Waals surface area (Å²) in [4.78, 5) is 0. The van der Waals surface area contributed by atoms with Crippen molar-refractivity contribution in [2.24, 2.45) is 5.92 Å². The molecule has 0 unspecified atom stereocenters. The van der Waals surface area contributed by atoms with E-state index < -0.39 is 5.60 Å². The maximum atomic E-state index is 10.9. The minimum Gasteiger partial charge on any atom is -0.385 e. The first-order valence-corrected chi connectivity index (χ1v) is 7.50. The zero-order valence-electron chi connectivity index (χ0n) is 11.4. The molecule has 0 atom stereocenters. The second-order valence-corrected chi connectivity index (χ2v) is 6.47. The lowest BCUT2D eigenvalue weighted by molar-refractivity contribution is -0.0121. The first kappa shape index (κ1) is 12.2. The highest BCUT2D eigenvalue weighted by atomic mass is 16.3. The molecule has 0 amide bonds. The first-order chi connectivity index (χ1) is 8.67. The van der Waals surface area contributed by atoms with Gasteiger partial charge in [0.1, 0.15) is 0 Å². The van der Waals surface area contributed by atoms with Crippen LogP contribution in [0.15, 0.2) is 24.3 Å². The van der Waals surface area contributed by atoms with E-state index in [1.54, 1.807) is 0 Å². The summed E-state index contributed by atoms with van der Waals surface area (Å²) in [6.45, 7) is 2.30. The molecule has 0 heterocycles. The van der Waals surface area contributed by atoms with E-state index in [9.17, 15) is 5.11 Å². The van der Waals surface area contributed by atoms with Gasteiger partial charge in [-0.15, -0.1) is 0 Å². The van der Waals surface area contributed by atoms with Crippen LogP contribution in [0.5, 0.6) is 0 Å². The Morgan fingerprint density at radius 1 is 1.11 bits per heavy atom. The Morgan fingerprint density at radius 3 is 2.44 bits per heavy atom. The van der Waals surface area contributed by atoms with Crippen LogP contribution in [0.1, 0.15) is 68.9 Å². The summed E-state index contributed by atoms with van der Waals surface area (Å²) in [6, 6.07) is 8.78. The topological polar surface area (TPSA) is 20.2 Å². The van der Waals surface area contributed by atoms with Crippen molar-refractivity contribution in [1.82, 2.24) is 0 Å². The van der Waals surface area contributed by atoms with E-state index in [1.165, 1.54) is 30.4 Å². The van der Waals surface area contributed by atoms with Crippen molar-refractivity contribution in [1.29, 1.82) is 0 Å². The van der Waals surface area contributed by atoms with Gasteiger partial charge in [-0.3, -0.25) is 0 Å². The summed E-state index contributed by atoms with van der Waals surface area (Å²) in [5.41, 5.74) is 2.07. The van der Waals surface area contributed by atoms with Crippen molar-refractivity contribution in [2.45, 2.75) is 63.4 Å². The van der Waals surface area contributed by atoms with E-state index in [0.29, 0.717) is 0 Å². The Hall–Kier alpha value is -0.820. The van der Waals surface area contributed by atoms with Crippen molar-refractivity contribution in [3.05, 3.63) is 35.4 Å². The third kappa shape index (κ3) is 2.21. The Balaban J connectivity index is 1.82. The molecule has 0 radical (unpaired) electrons. The molecule has 3 rings (SSSR count). The number of rotatable bonds is 2. The van der Waals surface area contributed by atoms with Gasteiger partial charge in [-0.2, -0.15) is 0 Å². The normalized spacial score (nSPS) is 33.1. The Kier molecular flexibility index (Phi) is 3.19. The van der Waals surface area contributed by atoms with Crippen LogP contribution < -0.4 is 0 Å². The molecule has 1 aromatic carbocycles. The van der Waals surface area contributed by atoms with E-state index in [1.807, 2.05) is 0 Å². The number of hydrogen-bond acceptors (Lipinski definition) is 1. The van der Waals surface area contributed by atoms with Gasteiger partial charge in [0.15, 0.2) is 0 Å². The number of hydrogen-bond donors (Lipinski definition) is 1. The van der Waals surface area contributed by atoms with E-state index in [4.69, 9.17) is 0 Å². The van der Waals surface area contributed by atoms with Crippen molar-refractivity contribution in [2.75, 3.05) is 0 Å². The SMILES string of the molecule is CC1CCC(O)(c2cccc(C3CCC3)c2)CC1. The smallest absolute Gasteiger partial charge is 0.0896 e. The molecule has 0 saturated heterocycles. The summed E-state index contributed by atoms with van der Waals surface area (Å²) in [7, 11) is 0. The Labute approximate surface area is 110 Å². The second-order valence-electron chi connectivity index (χ2n) is 6.47. The molecule has 2 saturated carbocycles. The lowest BCUT2D eigenvalue weighted by Gasteiger charge is -2.36. The van der Waals surface area contributed by atoms with E-state index in [2.05, 4.69) is 31.2 Å². The molecular formula is C17H24O. The van der Waals surface area contributed by atoms with Gasteiger partial charge in [0, 0.05) is 0 Å². The van der Waals surface area contributed by atoms with Crippen LogP contribution in [0, 0.1) is 5.92 Å². The average molecular weight is 244 g/mol. The van der Waals surface area contributed by atoms with Crippen LogP contribution in [-0.4, -0.2) is 5.11 Å². The fraction of sp³-hybridized carbons (Fsp3) is 0.647. The van der Waals surface area contributed by atoms with Gasteiger partial charge >= 0.3 is 0 Å². The zero-order valence-corrected chi connectivity index (χ0v) is 11.4. The van der Waals surface area contributed by atoms with Gasteiger partial charge in [0.05, 0.1) is 5.60 Å². The second kappa shape index (κ2) is 4.70. The Morgan fingerprint density at radius 2 is 1.83 bits per heavy atom.